The Balaban J connectivity index is 1.32. The van der Waals surface area contributed by atoms with Gasteiger partial charge in [-0.05, 0) is 60.3 Å². The van der Waals surface area contributed by atoms with Crippen LogP contribution >= 0.6 is 0 Å². The topological polar surface area (TPSA) is 121 Å². The highest BCUT2D eigenvalue weighted by Crippen LogP contribution is 2.46. The standard InChI is InChI=1S/C35H46N4O5S/c1-34(2,3)27-12-8-13-28(20-27)35(15-16-35)37-23-32(40)31(18-25-10-6-5-7-11-25)38-33(41)26-19-30(22-36-21-26)45(42,43)39-17-9-14-29(39)24-44-4/h5-8,10-13,19-22,29,31-32,37,40H,9,14-18,23-24H2,1-4H3,(H,38,41)/t29-,31+,32-/m1/s1. The summed E-state index contributed by atoms with van der Waals surface area (Å²) in [4.78, 5) is 17.7. The number of hydrogen-bond acceptors (Lipinski definition) is 7. The lowest BCUT2D eigenvalue weighted by Gasteiger charge is -2.28. The van der Waals surface area contributed by atoms with Crippen LogP contribution in [0.15, 0.2) is 78.0 Å². The number of amides is 1. The molecule has 1 aliphatic carbocycles. The van der Waals surface area contributed by atoms with E-state index in [1.165, 1.54) is 33.9 Å². The van der Waals surface area contributed by atoms with Gasteiger partial charge in [-0.3, -0.25) is 9.78 Å². The Labute approximate surface area is 267 Å². The number of aliphatic hydroxyl groups is 1. The van der Waals surface area contributed by atoms with Crippen LogP contribution in [0.3, 0.4) is 0 Å². The summed E-state index contributed by atoms with van der Waals surface area (Å²) >= 11 is 0. The fourth-order valence-electron chi connectivity index (χ4n) is 6.13. The monoisotopic (exact) mass is 634 g/mol. The highest BCUT2D eigenvalue weighted by molar-refractivity contribution is 7.89. The van der Waals surface area contributed by atoms with Crippen molar-refractivity contribution in [1.82, 2.24) is 19.9 Å². The van der Waals surface area contributed by atoms with Crippen molar-refractivity contribution in [2.24, 2.45) is 0 Å². The van der Waals surface area contributed by atoms with Crippen LogP contribution in [-0.2, 0) is 32.1 Å². The number of nitrogens with zero attached hydrogens (tertiary/aromatic N) is 2. The van der Waals surface area contributed by atoms with E-state index >= 15 is 0 Å². The van der Waals surface area contributed by atoms with E-state index in [1.54, 1.807) is 7.11 Å². The van der Waals surface area contributed by atoms with Crippen LogP contribution in [0.1, 0.15) is 73.5 Å². The van der Waals surface area contributed by atoms with Gasteiger partial charge in [-0.1, -0.05) is 75.4 Å². The van der Waals surface area contributed by atoms with E-state index in [1.807, 2.05) is 30.3 Å². The molecule has 2 aliphatic rings. The minimum Gasteiger partial charge on any atom is -0.390 e. The molecular formula is C35H46N4O5S. The maximum absolute atomic E-state index is 13.6. The van der Waals surface area contributed by atoms with Crippen LogP contribution in [0.5, 0.6) is 0 Å². The maximum Gasteiger partial charge on any atom is 0.253 e. The molecule has 0 spiro atoms. The summed E-state index contributed by atoms with van der Waals surface area (Å²) in [6.07, 6.45) is 5.54. The number of benzene rings is 2. The van der Waals surface area contributed by atoms with E-state index in [9.17, 15) is 18.3 Å². The van der Waals surface area contributed by atoms with Gasteiger partial charge in [-0.2, -0.15) is 4.31 Å². The van der Waals surface area contributed by atoms with Gasteiger partial charge in [0.25, 0.3) is 5.91 Å². The van der Waals surface area contributed by atoms with E-state index in [0.29, 0.717) is 19.6 Å². The van der Waals surface area contributed by atoms with Gasteiger partial charge in [0.2, 0.25) is 10.0 Å². The van der Waals surface area contributed by atoms with E-state index in [0.717, 1.165) is 31.2 Å². The van der Waals surface area contributed by atoms with Gasteiger partial charge < -0.3 is 20.5 Å². The van der Waals surface area contributed by atoms with Crippen molar-refractivity contribution >= 4 is 15.9 Å². The van der Waals surface area contributed by atoms with Crippen molar-refractivity contribution in [3.05, 3.63) is 95.3 Å². The minimum atomic E-state index is -3.86. The normalized spacial score (nSPS) is 19.6. The lowest BCUT2D eigenvalue weighted by Crippen LogP contribution is -2.50. The Hall–Kier alpha value is -3.15. The first-order chi connectivity index (χ1) is 21.4. The third-order valence-corrected chi connectivity index (χ3v) is 10.9. The molecule has 2 aromatic carbocycles. The molecule has 0 unspecified atom stereocenters. The molecule has 2 heterocycles. The predicted octanol–water partition coefficient (Wildman–Crippen LogP) is 4.16. The number of ether oxygens (including phenoxy) is 1. The zero-order valence-electron chi connectivity index (χ0n) is 26.7. The first-order valence-corrected chi connectivity index (χ1v) is 17.2. The molecular weight excluding hydrogens is 588 g/mol. The van der Waals surface area contributed by atoms with Crippen LogP contribution in [0.25, 0.3) is 0 Å². The first-order valence-electron chi connectivity index (χ1n) is 15.8. The summed E-state index contributed by atoms with van der Waals surface area (Å²) in [5.74, 6) is -0.492. The molecule has 45 heavy (non-hydrogen) atoms. The van der Waals surface area contributed by atoms with Crippen LogP contribution in [-0.4, -0.2) is 73.7 Å². The molecule has 1 amide bonds. The Bertz CT molecular complexity index is 1570. The third kappa shape index (κ3) is 7.81. The maximum atomic E-state index is 13.6. The Morgan fingerprint density at radius 1 is 1.11 bits per heavy atom. The number of methoxy groups -OCH3 is 1. The molecule has 3 atom stereocenters. The Kier molecular flexibility index (Phi) is 10.1. The number of pyridine rings is 1. The van der Waals surface area contributed by atoms with Gasteiger partial charge in [-0.25, -0.2) is 8.42 Å². The second-order valence-corrected chi connectivity index (χ2v) is 15.3. The summed E-state index contributed by atoms with van der Waals surface area (Å²) in [5.41, 5.74) is 3.39. The Morgan fingerprint density at radius 3 is 2.56 bits per heavy atom. The third-order valence-electron chi connectivity index (χ3n) is 9.02. The summed E-state index contributed by atoms with van der Waals surface area (Å²) in [5, 5.41) is 18.1. The van der Waals surface area contributed by atoms with Gasteiger partial charge in [0.1, 0.15) is 4.90 Å². The zero-order valence-corrected chi connectivity index (χ0v) is 27.5. The molecule has 5 rings (SSSR count). The quantitative estimate of drug-likeness (QED) is 0.258. The smallest absolute Gasteiger partial charge is 0.253 e. The van der Waals surface area contributed by atoms with Gasteiger partial charge in [0.05, 0.1) is 24.3 Å². The van der Waals surface area contributed by atoms with Gasteiger partial charge >= 0.3 is 0 Å². The highest BCUT2D eigenvalue weighted by Gasteiger charge is 2.45. The number of hydrogen-bond donors (Lipinski definition) is 3. The number of rotatable bonds is 13. The second kappa shape index (κ2) is 13.7. The molecule has 3 N–H and O–H groups in total. The lowest BCUT2D eigenvalue weighted by molar-refractivity contribution is 0.0821. The molecule has 9 nitrogen and oxygen atoms in total. The van der Waals surface area contributed by atoms with Gasteiger partial charge in [-0.15, -0.1) is 0 Å². The number of aromatic nitrogens is 1. The molecule has 0 radical (unpaired) electrons. The highest BCUT2D eigenvalue weighted by atomic mass is 32.2. The summed E-state index contributed by atoms with van der Waals surface area (Å²) in [6, 6.07) is 18.8. The molecule has 1 aromatic heterocycles. The van der Waals surface area contributed by atoms with Crippen molar-refractivity contribution in [2.75, 3.05) is 26.8 Å². The average Bonchev–Trinajstić information content (AvgIpc) is 3.68. The van der Waals surface area contributed by atoms with Crippen molar-refractivity contribution in [2.45, 2.75) is 86.9 Å². The SMILES string of the molecule is COC[C@H]1CCCN1S(=O)(=O)c1cncc(C(=O)N[C@@H](Cc2ccccc2)[C@H](O)CNC2(c3cccc(C(C)(C)C)c3)CC2)c1. The van der Waals surface area contributed by atoms with E-state index in [4.69, 9.17) is 4.74 Å². The zero-order chi connectivity index (χ0) is 32.2. The number of aliphatic hydroxyl groups excluding tert-OH is 1. The number of nitrogens with one attached hydrogen (secondary N) is 2. The Morgan fingerprint density at radius 2 is 1.87 bits per heavy atom. The van der Waals surface area contributed by atoms with Crippen molar-refractivity contribution in [1.29, 1.82) is 0 Å². The molecule has 0 bridgehead atoms. The lowest BCUT2D eigenvalue weighted by atomic mass is 9.85. The molecule has 10 heteroatoms. The summed E-state index contributed by atoms with van der Waals surface area (Å²) in [7, 11) is -2.31. The first kappa shape index (κ1) is 33.2. The van der Waals surface area contributed by atoms with Crippen LogP contribution in [0.4, 0.5) is 0 Å². The number of sulfonamides is 1. The minimum absolute atomic E-state index is 0.0300. The molecule has 2 fully saturated rings. The molecule has 3 aromatic rings. The molecule has 1 saturated carbocycles. The summed E-state index contributed by atoms with van der Waals surface area (Å²) < 4.78 is 33.7. The predicted molar refractivity (Wildman–Crippen MR) is 174 cm³/mol. The van der Waals surface area contributed by atoms with Crippen molar-refractivity contribution < 1.29 is 23.1 Å². The van der Waals surface area contributed by atoms with Crippen LogP contribution < -0.4 is 10.6 Å². The van der Waals surface area contributed by atoms with Crippen LogP contribution in [0, 0.1) is 0 Å². The van der Waals surface area contributed by atoms with E-state index in [2.05, 4.69) is 60.7 Å². The average molecular weight is 635 g/mol. The van der Waals surface area contributed by atoms with E-state index in [-0.39, 0.29) is 34.0 Å². The van der Waals surface area contributed by atoms with Crippen LogP contribution in [0.2, 0.25) is 0 Å². The fraction of sp³-hybridized carbons (Fsp3) is 0.486. The van der Waals surface area contributed by atoms with Gasteiger partial charge in [0, 0.05) is 44.2 Å². The fourth-order valence-corrected chi connectivity index (χ4v) is 7.79. The van der Waals surface area contributed by atoms with Crippen molar-refractivity contribution in [3.8, 4) is 0 Å². The second-order valence-electron chi connectivity index (χ2n) is 13.4. The number of carbonyl (C=O) groups excluding carboxylic acids is 1. The van der Waals surface area contributed by atoms with Gasteiger partial charge in [0.15, 0.2) is 0 Å². The number of carbonyl (C=O) groups is 1. The summed E-state index contributed by atoms with van der Waals surface area (Å²) in [6.45, 7) is 7.58. The van der Waals surface area contributed by atoms with Crippen molar-refractivity contribution in [3.63, 3.8) is 0 Å². The molecule has 1 aliphatic heterocycles. The molecule has 1 saturated heterocycles. The largest absolute Gasteiger partial charge is 0.390 e. The van der Waals surface area contributed by atoms with E-state index < -0.39 is 28.1 Å². The molecule has 242 valence electrons.